The van der Waals surface area contributed by atoms with Gasteiger partial charge in [0.25, 0.3) is 0 Å². The molecule has 2 unspecified atom stereocenters. The average Bonchev–Trinajstić information content (AvgIpc) is 2.84. The third-order valence-corrected chi connectivity index (χ3v) is 2.87. The van der Waals surface area contributed by atoms with Gasteiger partial charge in [0.15, 0.2) is 12.0 Å². The van der Waals surface area contributed by atoms with Crippen molar-refractivity contribution in [2.75, 3.05) is 0 Å². The van der Waals surface area contributed by atoms with Gasteiger partial charge in [-0.25, -0.2) is 18.4 Å². The molecule has 0 fully saturated rings. The zero-order chi connectivity index (χ0) is 11.1. The lowest BCUT2D eigenvalue weighted by Gasteiger charge is -2.12. The molecule has 1 aromatic heterocycles. The minimum Gasteiger partial charge on any atom is -0.239 e. The van der Waals surface area contributed by atoms with Gasteiger partial charge in [-0.3, -0.25) is 0 Å². The van der Waals surface area contributed by atoms with E-state index in [1.54, 1.807) is 18.2 Å². The Balaban J connectivity index is 2.09. The second-order valence-electron chi connectivity index (χ2n) is 3.80. The summed E-state index contributed by atoms with van der Waals surface area (Å²) in [5.41, 5.74) is 0.467. The van der Waals surface area contributed by atoms with E-state index in [0.717, 1.165) is 0 Å². The van der Waals surface area contributed by atoms with Gasteiger partial charge in [0.05, 0.1) is 6.04 Å². The van der Waals surface area contributed by atoms with E-state index < -0.39 is 6.17 Å². The van der Waals surface area contributed by atoms with Crippen LogP contribution in [-0.2, 0) is 0 Å². The Bertz CT molecular complexity index is 523. The summed E-state index contributed by atoms with van der Waals surface area (Å²) in [5, 5.41) is 3.94. The van der Waals surface area contributed by atoms with Crippen molar-refractivity contribution in [2.45, 2.75) is 18.6 Å². The minimum absolute atomic E-state index is 0.205. The quantitative estimate of drug-likeness (QED) is 0.740. The molecule has 16 heavy (non-hydrogen) atoms. The smallest absolute Gasteiger partial charge is 0.162 e. The van der Waals surface area contributed by atoms with Gasteiger partial charge in [-0.1, -0.05) is 18.2 Å². The second-order valence-corrected chi connectivity index (χ2v) is 3.80. The van der Waals surface area contributed by atoms with E-state index in [9.17, 15) is 8.78 Å². The summed E-state index contributed by atoms with van der Waals surface area (Å²) in [6, 6.07) is 6.00. The van der Waals surface area contributed by atoms with Crippen LogP contribution in [0.15, 0.2) is 30.6 Å². The average molecular weight is 221 g/mol. The highest BCUT2D eigenvalue weighted by atomic mass is 19.1. The standard InChI is InChI=1S/C11H9F2N3/c12-8-4-2-1-3-7(8)10-5-9(13)11-14-6-15-16(10)11/h1-4,6,9-10H,5H2. The second kappa shape index (κ2) is 3.37. The zero-order valence-electron chi connectivity index (χ0n) is 8.35. The van der Waals surface area contributed by atoms with Crippen molar-refractivity contribution in [2.24, 2.45) is 0 Å². The van der Waals surface area contributed by atoms with Gasteiger partial charge in [-0.15, -0.1) is 0 Å². The van der Waals surface area contributed by atoms with Crippen molar-refractivity contribution in [3.63, 3.8) is 0 Å². The van der Waals surface area contributed by atoms with Gasteiger partial charge in [0.1, 0.15) is 12.1 Å². The summed E-state index contributed by atoms with van der Waals surface area (Å²) in [4.78, 5) is 3.84. The van der Waals surface area contributed by atoms with Crippen LogP contribution in [0.4, 0.5) is 8.78 Å². The summed E-state index contributed by atoms with van der Waals surface area (Å²) in [7, 11) is 0. The number of hydrogen-bond acceptors (Lipinski definition) is 2. The van der Waals surface area contributed by atoms with Crippen molar-refractivity contribution in [3.8, 4) is 0 Å². The van der Waals surface area contributed by atoms with Gasteiger partial charge in [0, 0.05) is 12.0 Å². The van der Waals surface area contributed by atoms with E-state index in [1.807, 2.05) is 0 Å². The molecule has 5 heteroatoms. The predicted octanol–water partition coefficient (Wildman–Crippen LogP) is 2.42. The van der Waals surface area contributed by atoms with Crippen molar-refractivity contribution in [3.05, 3.63) is 47.8 Å². The van der Waals surface area contributed by atoms with Crippen LogP contribution in [0.2, 0.25) is 0 Å². The molecule has 3 rings (SSSR count). The molecule has 3 nitrogen and oxygen atoms in total. The fourth-order valence-corrected chi connectivity index (χ4v) is 2.13. The summed E-state index contributed by atoms with van der Waals surface area (Å²) >= 11 is 0. The van der Waals surface area contributed by atoms with Crippen LogP contribution in [0.25, 0.3) is 0 Å². The molecule has 0 saturated carbocycles. The molecule has 1 aromatic carbocycles. The molecule has 0 aliphatic carbocycles. The summed E-state index contributed by atoms with van der Waals surface area (Å²) in [6.07, 6.45) is 0.346. The molecular formula is C11H9F2N3. The Kier molecular flexibility index (Phi) is 1.99. The lowest BCUT2D eigenvalue weighted by atomic mass is 10.0. The molecule has 0 N–H and O–H groups in total. The third-order valence-electron chi connectivity index (χ3n) is 2.87. The summed E-state index contributed by atoms with van der Waals surface area (Å²) in [5.74, 6) is -0.0451. The van der Waals surface area contributed by atoms with Crippen LogP contribution in [0.3, 0.4) is 0 Å². The van der Waals surface area contributed by atoms with Crippen LogP contribution < -0.4 is 0 Å². The predicted molar refractivity (Wildman–Crippen MR) is 53.0 cm³/mol. The number of alkyl halides is 1. The Morgan fingerprint density at radius 1 is 1.31 bits per heavy atom. The molecule has 0 radical (unpaired) electrons. The molecule has 1 aliphatic rings. The van der Waals surface area contributed by atoms with E-state index in [-0.39, 0.29) is 24.1 Å². The van der Waals surface area contributed by atoms with Crippen LogP contribution >= 0.6 is 0 Å². The third kappa shape index (κ3) is 1.24. The first-order chi connectivity index (χ1) is 7.77. The Hall–Kier alpha value is -1.78. The maximum Gasteiger partial charge on any atom is 0.162 e. The topological polar surface area (TPSA) is 30.7 Å². The van der Waals surface area contributed by atoms with Gasteiger partial charge in [0.2, 0.25) is 0 Å². The van der Waals surface area contributed by atoms with Crippen LogP contribution in [-0.4, -0.2) is 14.8 Å². The van der Waals surface area contributed by atoms with Crippen molar-refractivity contribution in [1.29, 1.82) is 0 Å². The summed E-state index contributed by atoms with van der Waals surface area (Å²) in [6.45, 7) is 0. The van der Waals surface area contributed by atoms with E-state index >= 15 is 0 Å². The largest absolute Gasteiger partial charge is 0.239 e. The molecule has 2 atom stereocenters. The highest BCUT2D eigenvalue weighted by Crippen LogP contribution is 2.39. The molecule has 82 valence electrons. The van der Waals surface area contributed by atoms with Gasteiger partial charge in [-0.05, 0) is 6.07 Å². The van der Waals surface area contributed by atoms with Crippen LogP contribution in [0.5, 0.6) is 0 Å². The molecule has 1 aliphatic heterocycles. The normalized spacial score (nSPS) is 23.4. The SMILES string of the molecule is Fc1ccccc1C1CC(F)c2ncnn21. The van der Waals surface area contributed by atoms with Crippen LogP contribution in [0.1, 0.15) is 30.0 Å². The maximum absolute atomic E-state index is 13.6. The molecule has 2 aromatic rings. The summed E-state index contributed by atoms with van der Waals surface area (Å²) < 4.78 is 28.6. The number of aromatic nitrogens is 3. The van der Waals surface area contributed by atoms with E-state index in [1.165, 1.54) is 17.1 Å². The fourth-order valence-electron chi connectivity index (χ4n) is 2.13. The highest BCUT2D eigenvalue weighted by Gasteiger charge is 2.35. The lowest BCUT2D eigenvalue weighted by Crippen LogP contribution is -2.08. The first-order valence-corrected chi connectivity index (χ1v) is 5.05. The molecule has 2 heterocycles. The maximum atomic E-state index is 13.6. The van der Waals surface area contributed by atoms with Crippen molar-refractivity contribution >= 4 is 0 Å². The first kappa shape index (κ1) is 9.45. The number of nitrogens with zero attached hydrogens (tertiary/aromatic N) is 3. The highest BCUT2D eigenvalue weighted by molar-refractivity contribution is 5.24. The molecule has 0 saturated heterocycles. The lowest BCUT2D eigenvalue weighted by molar-refractivity contribution is 0.327. The van der Waals surface area contributed by atoms with Gasteiger partial charge in [-0.2, -0.15) is 5.10 Å². The minimum atomic E-state index is -1.16. The fraction of sp³-hybridized carbons (Fsp3) is 0.273. The number of benzene rings is 1. The molecule has 0 spiro atoms. The first-order valence-electron chi connectivity index (χ1n) is 5.05. The van der Waals surface area contributed by atoms with Crippen LogP contribution in [0, 0.1) is 5.82 Å². The van der Waals surface area contributed by atoms with Crippen molar-refractivity contribution in [1.82, 2.24) is 14.8 Å². The number of hydrogen-bond donors (Lipinski definition) is 0. The van der Waals surface area contributed by atoms with E-state index in [2.05, 4.69) is 10.1 Å². The van der Waals surface area contributed by atoms with Gasteiger partial charge < -0.3 is 0 Å². The molecule has 0 amide bonds. The monoisotopic (exact) mass is 221 g/mol. The van der Waals surface area contributed by atoms with E-state index in [4.69, 9.17) is 0 Å². The number of rotatable bonds is 1. The Labute approximate surface area is 90.7 Å². The molecular weight excluding hydrogens is 212 g/mol. The van der Waals surface area contributed by atoms with Gasteiger partial charge >= 0.3 is 0 Å². The zero-order valence-corrected chi connectivity index (χ0v) is 8.35. The Morgan fingerprint density at radius 2 is 2.12 bits per heavy atom. The number of fused-ring (bicyclic) bond motifs is 1. The van der Waals surface area contributed by atoms with Crippen molar-refractivity contribution < 1.29 is 8.78 Å². The van der Waals surface area contributed by atoms with E-state index in [0.29, 0.717) is 5.56 Å². The Morgan fingerprint density at radius 3 is 2.94 bits per heavy atom. The number of halogens is 2. The molecule has 0 bridgehead atoms.